The van der Waals surface area contributed by atoms with Crippen molar-refractivity contribution in [3.63, 3.8) is 0 Å². The molecule has 3 heterocycles. The molecule has 24 heavy (non-hydrogen) atoms. The van der Waals surface area contributed by atoms with Crippen LogP contribution in [0.3, 0.4) is 0 Å². The predicted molar refractivity (Wildman–Crippen MR) is 88.8 cm³/mol. The number of aromatic nitrogens is 4. The highest BCUT2D eigenvalue weighted by Gasteiger charge is 2.24. The fourth-order valence-electron chi connectivity index (χ4n) is 3.00. The summed E-state index contributed by atoms with van der Waals surface area (Å²) >= 11 is 0. The van der Waals surface area contributed by atoms with Crippen LogP contribution in [0.5, 0.6) is 0 Å². The number of anilines is 1. The molecule has 0 N–H and O–H groups in total. The first-order valence-corrected chi connectivity index (χ1v) is 8.30. The van der Waals surface area contributed by atoms with Crippen molar-refractivity contribution >= 4 is 11.9 Å². The summed E-state index contributed by atoms with van der Waals surface area (Å²) in [5.41, 5.74) is 0.666. The molecule has 1 aliphatic rings. The number of carbonyl (C=O) groups is 1. The van der Waals surface area contributed by atoms with Gasteiger partial charge in [-0.05, 0) is 25.2 Å². The van der Waals surface area contributed by atoms with E-state index in [1.54, 1.807) is 22.0 Å². The van der Waals surface area contributed by atoms with E-state index in [9.17, 15) is 4.79 Å². The topological polar surface area (TPSA) is 80.3 Å². The van der Waals surface area contributed by atoms with Crippen LogP contribution >= 0.6 is 0 Å². The van der Waals surface area contributed by atoms with E-state index < -0.39 is 0 Å². The standard InChI is InChI=1S/C16H24N6O2/c1-20(2)16-18-14(19-24-16)5-4-12-6-8-22(9-7-12)15(23)13-10-17-21(3)11-13/h10-12H,4-9H2,1-3H3. The number of hydrogen-bond acceptors (Lipinski definition) is 6. The van der Waals surface area contributed by atoms with Crippen LogP contribution in [-0.2, 0) is 13.5 Å². The second-order valence-corrected chi connectivity index (χ2v) is 6.56. The molecule has 1 fully saturated rings. The van der Waals surface area contributed by atoms with Gasteiger partial charge in [0.2, 0.25) is 0 Å². The summed E-state index contributed by atoms with van der Waals surface area (Å²) in [7, 11) is 5.58. The molecule has 0 bridgehead atoms. The van der Waals surface area contributed by atoms with E-state index in [1.807, 2.05) is 26.0 Å². The Kier molecular flexibility index (Phi) is 4.82. The quantitative estimate of drug-likeness (QED) is 0.822. The number of likely N-dealkylation sites (tertiary alicyclic amines) is 1. The molecular weight excluding hydrogens is 308 g/mol. The number of nitrogens with zero attached hydrogens (tertiary/aromatic N) is 6. The highest BCUT2D eigenvalue weighted by molar-refractivity contribution is 5.93. The molecule has 1 saturated heterocycles. The molecule has 8 heteroatoms. The Hall–Kier alpha value is -2.38. The van der Waals surface area contributed by atoms with E-state index in [-0.39, 0.29) is 5.91 Å². The van der Waals surface area contributed by atoms with Crippen molar-refractivity contribution < 1.29 is 9.32 Å². The molecule has 0 aromatic carbocycles. The van der Waals surface area contributed by atoms with Crippen molar-refractivity contribution in [3.8, 4) is 0 Å². The predicted octanol–water partition coefficient (Wildman–Crippen LogP) is 1.35. The first kappa shape index (κ1) is 16.5. The Morgan fingerprint density at radius 2 is 2.12 bits per heavy atom. The number of hydrogen-bond donors (Lipinski definition) is 0. The Morgan fingerprint density at radius 1 is 1.38 bits per heavy atom. The first-order chi connectivity index (χ1) is 11.5. The SMILES string of the molecule is CN(C)c1nc(CCC2CCN(C(=O)c3cnn(C)c3)CC2)no1. The Labute approximate surface area is 141 Å². The van der Waals surface area contributed by atoms with Crippen LogP contribution in [0.25, 0.3) is 0 Å². The first-order valence-electron chi connectivity index (χ1n) is 8.30. The van der Waals surface area contributed by atoms with Gasteiger partial charge in [0, 0.05) is 46.9 Å². The van der Waals surface area contributed by atoms with Gasteiger partial charge in [-0.1, -0.05) is 5.16 Å². The molecule has 130 valence electrons. The van der Waals surface area contributed by atoms with Crippen molar-refractivity contribution in [2.24, 2.45) is 13.0 Å². The van der Waals surface area contributed by atoms with Crippen molar-refractivity contribution in [1.82, 2.24) is 24.8 Å². The molecule has 0 spiro atoms. The normalized spacial score (nSPS) is 15.7. The van der Waals surface area contributed by atoms with E-state index in [4.69, 9.17) is 4.52 Å². The molecule has 2 aromatic rings. The second kappa shape index (κ2) is 7.02. The zero-order valence-electron chi connectivity index (χ0n) is 14.5. The maximum absolute atomic E-state index is 12.4. The molecule has 1 aliphatic heterocycles. The van der Waals surface area contributed by atoms with Gasteiger partial charge in [-0.3, -0.25) is 9.48 Å². The molecule has 0 aliphatic carbocycles. The van der Waals surface area contributed by atoms with Crippen LogP contribution in [0.2, 0.25) is 0 Å². The van der Waals surface area contributed by atoms with Crippen LogP contribution in [-0.4, -0.2) is 57.9 Å². The summed E-state index contributed by atoms with van der Waals surface area (Å²) in [4.78, 5) is 20.5. The summed E-state index contributed by atoms with van der Waals surface area (Å²) in [5.74, 6) is 1.44. The smallest absolute Gasteiger partial charge is 0.323 e. The van der Waals surface area contributed by atoms with Crippen LogP contribution in [0.4, 0.5) is 6.01 Å². The lowest BCUT2D eigenvalue weighted by Gasteiger charge is -2.31. The summed E-state index contributed by atoms with van der Waals surface area (Å²) < 4.78 is 6.83. The molecule has 0 unspecified atom stereocenters. The van der Waals surface area contributed by atoms with Gasteiger partial charge in [0.1, 0.15) is 0 Å². The van der Waals surface area contributed by atoms with Crippen LogP contribution in [0, 0.1) is 5.92 Å². The average Bonchev–Trinajstić information content (AvgIpc) is 3.22. The lowest BCUT2D eigenvalue weighted by atomic mass is 9.92. The van der Waals surface area contributed by atoms with Crippen LogP contribution < -0.4 is 4.90 Å². The summed E-state index contributed by atoms with van der Waals surface area (Å²) in [5, 5.41) is 8.07. The Balaban J connectivity index is 1.45. The van der Waals surface area contributed by atoms with Gasteiger partial charge in [0.25, 0.3) is 5.91 Å². The molecule has 0 saturated carbocycles. The molecule has 8 nitrogen and oxygen atoms in total. The summed E-state index contributed by atoms with van der Waals surface area (Å²) in [6.07, 6.45) is 7.29. The van der Waals surface area contributed by atoms with Crippen LogP contribution in [0.15, 0.2) is 16.9 Å². The maximum Gasteiger partial charge on any atom is 0.323 e. The Morgan fingerprint density at radius 3 is 2.71 bits per heavy atom. The van der Waals surface area contributed by atoms with Gasteiger partial charge in [0.05, 0.1) is 11.8 Å². The van der Waals surface area contributed by atoms with Crippen LogP contribution in [0.1, 0.15) is 35.4 Å². The fraction of sp³-hybridized carbons (Fsp3) is 0.625. The minimum absolute atomic E-state index is 0.0790. The highest BCUT2D eigenvalue weighted by Crippen LogP contribution is 2.23. The fourth-order valence-corrected chi connectivity index (χ4v) is 3.00. The van der Waals surface area contributed by atoms with Gasteiger partial charge in [-0.2, -0.15) is 10.1 Å². The number of aryl methyl sites for hydroxylation is 2. The van der Waals surface area contributed by atoms with Gasteiger partial charge >= 0.3 is 6.01 Å². The monoisotopic (exact) mass is 332 g/mol. The zero-order chi connectivity index (χ0) is 17.1. The van der Waals surface area contributed by atoms with Gasteiger partial charge in [-0.25, -0.2) is 0 Å². The number of amides is 1. The average molecular weight is 332 g/mol. The third kappa shape index (κ3) is 3.74. The number of rotatable bonds is 5. The minimum atomic E-state index is 0.0790. The lowest BCUT2D eigenvalue weighted by Crippen LogP contribution is -2.38. The van der Waals surface area contributed by atoms with Crippen molar-refractivity contribution in [3.05, 3.63) is 23.8 Å². The Bertz CT molecular complexity index is 684. The van der Waals surface area contributed by atoms with E-state index >= 15 is 0 Å². The van der Waals surface area contributed by atoms with Gasteiger partial charge in [0.15, 0.2) is 5.82 Å². The van der Waals surface area contributed by atoms with Crippen molar-refractivity contribution in [1.29, 1.82) is 0 Å². The third-order valence-electron chi connectivity index (χ3n) is 4.47. The van der Waals surface area contributed by atoms with E-state index in [0.717, 1.165) is 44.6 Å². The summed E-state index contributed by atoms with van der Waals surface area (Å²) in [6.45, 7) is 1.60. The van der Waals surface area contributed by atoms with E-state index in [1.165, 1.54) is 0 Å². The minimum Gasteiger partial charge on any atom is -0.339 e. The van der Waals surface area contributed by atoms with Gasteiger partial charge in [-0.15, -0.1) is 0 Å². The molecule has 3 rings (SSSR count). The molecule has 1 amide bonds. The highest BCUT2D eigenvalue weighted by atomic mass is 16.5. The number of piperidine rings is 1. The molecular formula is C16H24N6O2. The lowest BCUT2D eigenvalue weighted by molar-refractivity contribution is 0.0686. The zero-order valence-corrected chi connectivity index (χ0v) is 14.5. The van der Waals surface area contributed by atoms with Crippen molar-refractivity contribution in [2.75, 3.05) is 32.1 Å². The largest absolute Gasteiger partial charge is 0.339 e. The van der Waals surface area contributed by atoms with E-state index in [2.05, 4.69) is 15.2 Å². The molecule has 0 atom stereocenters. The summed E-state index contributed by atoms with van der Waals surface area (Å²) in [6, 6.07) is 0.543. The van der Waals surface area contributed by atoms with Crippen molar-refractivity contribution in [2.45, 2.75) is 25.7 Å². The molecule has 2 aromatic heterocycles. The van der Waals surface area contributed by atoms with E-state index in [0.29, 0.717) is 17.5 Å². The maximum atomic E-state index is 12.4. The molecule has 0 radical (unpaired) electrons. The number of carbonyl (C=O) groups excluding carboxylic acids is 1. The second-order valence-electron chi connectivity index (χ2n) is 6.56. The van der Waals surface area contributed by atoms with Gasteiger partial charge < -0.3 is 14.3 Å². The third-order valence-corrected chi connectivity index (χ3v) is 4.47.